The molecule has 3 heterocycles. The molecule has 0 atom stereocenters. The Labute approximate surface area is 205 Å². The number of carbonyl (C=O) groups is 1. The normalized spacial score (nSPS) is 16.6. The monoisotopic (exact) mass is 471 g/mol. The van der Waals surface area contributed by atoms with Crippen LogP contribution in [-0.4, -0.2) is 66.3 Å². The van der Waals surface area contributed by atoms with Crippen molar-refractivity contribution in [2.45, 2.75) is 25.9 Å². The third-order valence-corrected chi connectivity index (χ3v) is 6.53. The Morgan fingerprint density at radius 3 is 2.69 bits per heavy atom. The lowest BCUT2D eigenvalue weighted by Gasteiger charge is -2.26. The largest absolute Gasteiger partial charge is 0.488 e. The smallest absolute Gasteiger partial charge is 0.254 e. The average Bonchev–Trinajstić information content (AvgIpc) is 2.91. The first-order valence-corrected chi connectivity index (χ1v) is 12.0. The fraction of sp³-hybridized carbons (Fsp3) is 0.370. The first kappa shape index (κ1) is 23.1. The molecular weight excluding hydrogens is 442 g/mol. The number of terminal acetylenes is 1. The van der Waals surface area contributed by atoms with Gasteiger partial charge in [-0.1, -0.05) is 5.92 Å². The molecule has 2 saturated heterocycles. The second-order valence-electron chi connectivity index (χ2n) is 8.82. The molecule has 1 aromatic heterocycles. The fourth-order valence-corrected chi connectivity index (χ4v) is 4.46. The van der Waals surface area contributed by atoms with Crippen LogP contribution < -0.4 is 15.4 Å². The van der Waals surface area contributed by atoms with E-state index >= 15 is 0 Å². The van der Waals surface area contributed by atoms with Crippen molar-refractivity contribution in [1.82, 2.24) is 20.2 Å². The Hall–Kier alpha value is -3.67. The predicted octanol–water partition coefficient (Wildman–Crippen LogP) is 3.27. The highest BCUT2D eigenvalue weighted by atomic mass is 16.5. The van der Waals surface area contributed by atoms with E-state index in [9.17, 15) is 4.79 Å². The zero-order valence-corrected chi connectivity index (χ0v) is 19.8. The minimum atomic E-state index is 0.0151. The zero-order valence-electron chi connectivity index (χ0n) is 19.8. The van der Waals surface area contributed by atoms with Crippen molar-refractivity contribution < 1.29 is 14.3 Å². The molecule has 5 rings (SSSR count). The fourth-order valence-electron chi connectivity index (χ4n) is 4.46. The Morgan fingerprint density at radius 2 is 1.97 bits per heavy atom. The number of hydrogen-bond donors (Lipinski definition) is 2. The van der Waals surface area contributed by atoms with E-state index in [1.165, 1.54) is 0 Å². The topological polar surface area (TPSA) is 88.6 Å². The van der Waals surface area contributed by atoms with Gasteiger partial charge in [-0.05, 0) is 68.8 Å². The van der Waals surface area contributed by atoms with Crippen LogP contribution in [0.1, 0.15) is 34.3 Å². The molecule has 0 radical (unpaired) electrons. The van der Waals surface area contributed by atoms with Gasteiger partial charge in [0, 0.05) is 41.5 Å². The maximum Gasteiger partial charge on any atom is 0.254 e. The zero-order chi connectivity index (χ0) is 24.2. The third kappa shape index (κ3) is 5.06. The average molecular weight is 472 g/mol. The minimum absolute atomic E-state index is 0.0151. The van der Waals surface area contributed by atoms with Gasteiger partial charge in [-0.25, -0.2) is 9.97 Å². The summed E-state index contributed by atoms with van der Waals surface area (Å²) in [4.78, 5) is 23.8. The molecule has 2 aliphatic rings. The number of aryl methyl sites for hydroxylation is 1. The van der Waals surface area contributed by atoms with Gasteiger partial charge in [-0.15, -0.1) is 6.42 Å². The van der Waals surface area contributed by atoms with E-state index in [0.717, 1.165) is 53.6 Å². The maximum absolute atomic E-state index is 12.7. The van der Waals surface area contributed by atoms with Crippen LogP contribution >= 0.6 is 0 Å². The van der Waals surface area contributed by atoms with E-state index in [1.807, 2.05) is 42.2 Å². The van der Waals surface area contributed by atoms with Crippen molar-refractivity contribution >= 4 is 28.4 Å². The van der Waals surface area contributed by atoms with Crippen molar-refractivity contribution in [3.63, 3.8) is 0 Å². The summed E-state index contributed by atoms with van der Waals surface area (Å²) in [5, 5.41) is 7.48. The first-order valence-electron chi connectivity index (χ1n) is 12.0. The maximum atomic E-state index is 12.7. The summed E-state index contributed by atoms with van der Waals surface area (Å²) in [5.74, 6) is 3.91. The van der Waals surface area contributed by atoms with E-state index in [0.29, 0.717) is 43.6 Å². The summed E-state index contributed by atoms with van der Waals surface area (Å²) >= 11 is 0. The van der Waals surface area contributed by atoms with E-state index in [2.05, 4.69) is 21.5 Å². The van der Waals surface area contributed by atoms with Crippen LogP contribution in [0.5, 0.6) is 5.75 Å². The molecular formula is C27H29N5O3. The lowest BCUT2D eigenvalue weighted by Crippen LogP contribution is -2.40. The SMILES string of the molecule is C#Cc1cc(OC2CCNCC2)c2nc(Nc3ccc(C(=O)N4CCOCC4)cc3)ncc2c1C. The third-order valence-electron chi connectivity index (χ3n) is 6.53. The number of benzene rings is 2. The predicted molar refractivity (Wildman–Crippen MR) is 135 cm³/mol. The van der Waals surface area contributed by atoms with Crippen LogP contribution in [0.2, 0.25) is 0 Å². The Bertz CT molecular complexity index is 1260. The summed E-state index contributed by atoms with van der Waals surface area (Å²) < 4.78 is 11.7. The number of nitrogens with zero attached hydrogens (tertiary/aromatic N) is 3. The summed E-state index contributed by atoms with van der Waals surface area (Å²) in [6, 6.07) is 9.26. The standard InChI is InChI=1S/C27H29N5O3/c1-3-19-16-24(35-22-8-10-28-11-9-22)25-23(18(19)2)17-29-27(31-25)30-21-6-4-20(5-7-21)26(33)32-12-14-34-15-13-32/h1,4-7,16-17,22,28H,8-15H2,2H3,(H,29,30,31). The van der Waals surface area contributed by atoms with Crippen LogP contribution in [0, 0.1) is 19.3 Å². The molecule has 35 heavy (non-hydrogen) atoms. The molecule has 180 valence electrons. The molecule has 2 N–H and O–H groups in total. The molecule has 0 aliphatic carbocycles. The number of rotatable bonds is 5. The summed E-state index contributed by atoms with van der Waals surface area (Å²) in [5.41, 5.74) is 3.91. The van der Waals surface area contributed by atoms with Gasteiger partial charge in [0.05, 0.1) is 13.2 Å². The van der Waals surface area contributed by atoms with Crippen molar-refractivity contribution in [3.05, 3.63) is 53.2 Å². The molecule has 8 heteroatoms. The van der Waals surface area contributed by atoms with Gasteiger partial charge in [-0.2, -0.15) is 0 Å². The molecule has 2 aliphatic heterocycles. The number of piperidine rings is 1. The van der Waals surface area contributed by atoms with Gasteiger partial charge in [0.25, 0.3) is 5.91 Å². The number of amides is 1. The molecule has 8 nitrogen and oxygen atoms in total. The van der Waals surface area contributed by atoms with Gasteiger partial charge in [-0.3, -0.25) is 4.79 Å². The van der Waals surface area contributed by atoms with Crippen molar-refractivity contribution in [2.24, 2.45) is 0 Å². The molecule has 0 bridgehead atoms. The van der Waals surface area contributed by atoms with E-state index in [-0.39, 0.29) is 12.0 Å². The van der Waals surface area contributed by atoms with Gasteiger partial charge < -0.3 is 25.0 Å². The number of morpholine rings is 1. The number of ether oxygens (including phenoxy) is 2. The molecule has 2 aromatic carbocycles. The molecule has 0 unspecified atom stereocenters. The van der Waals surface area contributed by atoms with E-state index in [1.54, 1.807) is 6.20 Å². The second kappa shape index (κ2) is 10.3. The Balaban J connectivity index is 1.39. The number of nitrogens with one attached hydrogen (secondary N) is 2. The second-order valence-corrected chi connectivity index (χ2v) is 8.82. The Kier molecular flexibility index (Phi) is 6.80. The van der Waals surface area contributed by atoms with Gasteiger partial charge in [0.2, 0.25) is 5.95 Å². The van der Waals surface area contributed by atoms with Crippen molar-refractivity contribution in [1.29, 1.82) is 0 Å². The first-order chi connectivity index (χ1) is 17.1. The number of fused-ring (bicyclic) bond motifs is 1. The van der Waals surface area contributed by atoms with Crippen molar-refractivity contribution in [3.8, 4) is 18.1 Å². The van der Waals surface area contributed by atoms with Crippen LogP contribution in [0.3, 0.4) is 0 Å². The highest BCUT2D eigenvalue weighted by Gasteiger charge is 2.20. The molecule has 3 aromatic rings. The van der Waals surface area contributed by atoms with Crippen LogP contribution in [0.4, 0.5) is 11.6 Å². The van der Waals surface area contributed by atoms with Gasteiger partial charge in [0.15, 0.2) is 0 Å². The lowest BCUT2D eigenvalue weighted by atomic mass is 10.0. The molecule has 2 fully saturated rings. The van der Waals surface area contributed by atoms with E-state index < -0.39 is 0 Å². The number of carbonyl (C=O) groups excluding carboxylic acids is 1. The Morgan fingerprint density at radius 1 is 1.23 bits per heavy atom. The van der Waals surface area contributed by atoms with Gasteiger partial charge >= 0.3 is 0 Å². The molecule has 0 saturated carbocycles. The van der Waals surface area contributed by atoms with Crippen molar-refractivity contribution in [2.75, 3.05) is 44.7 Å². The summed E-state index contributed by atoms with van der Waals surface area (Å²) in [6.07, 6.45) is 9.53. The summed E-state index contributed by atoms with van der Waals surface area (Å²) in [7, 11) is 0. The lowest BCUT2D eigenvalue weighted by molar-refractivity contribution is 0.0303. The number of hydrogen-bond acceptors (Lipinski definition) is 7. The van der Waals surface area contributed by atoms with E-state index in [4.69, 9.17) is 20.9 Å². The quantitative estimate of drug-likeness (QED) is 0.552. The summed E-state index contributed by atoms with van der Waals surface area (Å²) in [6.45, 7) is 6.24. The highest BCUT2D eigenvalue weighted by molar-refractivity contribution is 5.94. The van der Waals surface area contributed by atoms with Crippen LogP contribution in [0.15, 0.2) is 36.5 Å². The molecule has 1 amide bonds. The number of aromatic nitrogens is 2. The van der Waals surface area contributed by atoms with Gasteiger partial charge in [0.1, 0.15) is 17.4 Å². The molecule has 0 spiro atoms. The van der Waals surface area contributed by atoms with Crippen LogP contribution in [0.25, 0.3) is 10.9 Å². The number of anilines is 2. The van der Waals surface area contributed by atoms with Crippen LogP contribution in [-0.2, 0) is 4.74 Å². The minimum Gasteiger partial charge on any atom is -0.488 e. The highest BCUT2D eigenvalue weighted by Crippen LogP contribution is 2.32.